The lowest BCUT2D eigenvalue weighted by Crippen LogP contribution is -2.40. The molecule has 1 saturated heterocycles. The van der Waals surface area contributed by atoms with Gasteiger partial charge in [0.15, 0.2) is 0 Å². The van der Waals surface area contributed by atoms with Crippen LogP contribution in [0.15, 0.2) is 71.6 Å². The zero-order chi connectivity index (χ0) is 29.2. The van der Waals surface area contributed by atoms with E-state index >= 15 is 0 Å². The van der Waals surface area contributed by atoms with Crippen LogP contribution >= 0.6 is 0 Å². The van der Waals surface area contributed by atoms with Gasteiger partial charge in [-0.1, -0.05) is 37.5 Å². The Kier molecular flexibility index (Phi) is 7.56. The smallest absolute Gasteiger partial charge is 0.328 e. The summed E-state index contributed by atoms with van der Waals surface area (Å²) < 4.78 is 11.4. The number of furan rings is 1. The molecule has 4 aromatic rings. The van der Waals surface area contributed by atoms with Gasteiger partial charge >= 0.3 is 11.9 Å². The van der Waals surface area contributed by atoms with Crippen LogP contribution in [0, 0.1) is 0 Å². The van der Waals surface area contributed by atoms with E-state index in [1.165, 1.54) is 35.8 Å². The first kappa shape index (κ1) is 27.4. The topological polar surface area (TPSA) is 133 Å². The number of nitrogens with one attached hydrogen (secondary N) is 1. The Labute approximate surface area is 242 Å². The number of H-pyrrole nitrogens is 1. The third kappa shape index (κ3) is 5.54. The van der Waals surface area contributed by atoms with Crippen molar-refractivity contribution in [3.63, 3.8) is 0 Å². The number of carboxylic acid groups (broad SMARTS) is 2. The number of amides is 1. The Morgan fingerprint density at radius 3 is 2.48 bits per heavy atom. The Balaban J connectivity index is 1.24. The number of rotatable bonds is 8. The number of carboxylic acids is 2. The summed E-state index contributed by atoms with van der Waals surface area (Å²) in [6.45, 7) is 0.132. The van der Waals surface area contributed by atoms with Gasteiger partial charge in [-0.25, -0.2) is 9.59 Å². The highest BCUT2D eigenvalue weighted by Crippen LogP contribution is 2.42. The number of carbonyl (C=O) groups excluding carboxylic acids is 1. The van der Waals surface area contributed by atoms with Crippen molar-refractivity contribution in [2.75, 3.05) is 6.54 Å². The largest absolute Gasteiger partial charge is 0.488 e. The molecule has 0 radical (unpaired) electrons. The molecular weight excluding hydrogens is 536 g/mol. The molecule has 42 heavy (non-hydrogen) atoms. The molecule has 2 aliphatic rings. The molecule has 2 aromatic heterocycles. The van der Waals surface area contributed by atoms with Gasteiger partial charge in [-0.2, -0.15) is 0 Å². The van der Waals surface area contributed by atoms with E-state index in [2.05, 4.69) is 4.98 Å². The van der Waals surface area contributed by atoms with Crippen LogP contribution in [-0.2, 0) is 9.59 Å². The summed E-state index contributed by atoms with van der Waals surface area (Å²) in [5.41, 5.74) is 5.19. The lowest BCUT2D eigenvalue weighted by molar-refractivity contribution is -0.141. The number of fused-ring (bicyclic) bond motifs is 1. The quantitative estimate of drug-likeness (QED) is 0.212. The molecule has 1 saturated carbocycles. The fourth-order valence-corrected chi connectivity index (χ4v) is 6.33. The molecule has 216 valence electrons. The van der Waals surface area contributed by atoms with Crippen LogP contribution in [0.5, 0.6) is 5.75 Å². The zero-order valence-electron chi connectivity index (χ0n) is 23.0. The maximum atomic E-state index is 13.7. The van der Waals surface area contributed by atoms with Crippen LogP contribution in [0.25, 0.3) is 28.2 Å². The minimum Gasteiger partial charge on any atom is -0.488 e. The van der Waals surface area contributed by atoms with Crippen molar-refractivity contribution in [1.29, 1.82) is 0 Å². The normalized spacial score (nSPS) is 19.5. The molecule has 6 rings (SSSR count). The van der Waals surface area contributed by atoms with Crippen LogP contribution in [0.2, 0.25) is 0 Å². The number of benzene rings is 2. The number of aliphatic carboxylic acids is 2. The number of carbonyl (C=O) groups is 3. The molecule has 1 amide bonds. The Bertz CT molecular complexity index is 1630. The maximum Gasteiger partial charge on any atom is 0.328 e. The van der Waals surface area contributed by atoms with Crippen molar-refractivity contribution < 1.29 is 33.8 Å². The Morgan fingerprint density at radius 1 is 1.00 bits per heavy atom. The molecule has 0 spiro atoms. The average Bonchev–Trinajstić information content (AvgIpc) is 3.75. The molecule has 3 N–H and O–H groups in total. The first-order valence-electron chi connectivity index (χ1n) is 14.3. The van der Waals surface area contributed by atoms with E-state index in [4.69, 9.17) is 14.3 Å². The molecule has 1 aliphatic carbocycles. The van der Waals surface area contributed by atoms with E-state index in [0.29, 0.717) is 22.8 Å². The summed E-state index contributed by atoms with van der Waals surface area (Å²) in [4.78, 5) is 41.5. The lowest BCUT2D eigenvalue weighted by Gasteiger charge is -2.23. The minimum absolute atomic E-state index is 0.132. The highest BCUT2D eigenvalue weighted by molar-refractivity contribution is 6.01. The predicted octanol–water partition coefficient (Wildman–Crippen LogP) is 6.32. The molecule has 1 aliphatic heterocycles. The van der Waals surface area contributed by atoms with Gasteiger partial charge in [0.2, 0.25) is 0 Å². The Morgan fingerprint density at radius 2 is 1.79 bits per heavy atom. The van der Waals surface area contributed by atoms with Crippen molar-refractivity contribution in [2.45, 2.75) is 56.6 Å². The van der Waals surface area contributed by atoms with Crippen molar-refractivity contribution >= 4 is 34.8 Å². The van der Waals surface area contributed by atoms with Crippen molar-refractivity contribution in [2.24, 2.45) is 0 Å². The average molecular weight is 569 g/mol. The van der Waals surface area contributed by atoms with Crippen molar-refractivity contribution in [3.8, 4) is 17.0 Å². The van der Waals surface area contributed by atoms with Gasteiger partial charge in [0.1, 0.15) is 17.9 Å². The minimum atomic E-state index is -1.08. The lowest BCUT2D eigenvalue weighted by atomic mass is 9.82. The second kappa shape index (κ2) is 11.6. The molecule has 9 heteroatoms. The monoisotopic (exact) mass is 568 g/mol. The van der Waals surface area contributed by atoms with Crippen LogP contribution in [0.1, 0.15) is 65.9 Å². The maximum absolute atomic E-state index is 13.7. The number of aromatic nitrogens is 1. The molecule has 0 unspecified atom stereocenters. The summed E-state index contributed by atoms with van der Waals surface area (Å²) in [5, 5.41) is 19.8. The van der Waals surface area contributed by atoms with E-state index in [0.717, 1.165) is 41.1 Å². The van der Waals surface area contributed by atoms with E-state index < -0.39 is 24.1 Å². The molecule has 9 nitrogen and oxygen atoms in total. The van der Waals surface area contributed by atoms with Gasteiger partial charge in [0, 0.05) is 34.5 Å². The second-order valence-corrected chi connectivity index (χ2v) is 11.0. The summed E-state index contributed by atoms with van der Waals surface area (Å²) in [6, 6.07) is 13.3. The SMILES string of the molecule is O=C(O)C=Cc1ccc(O[C@@H]2C[C@@H](C(=O)O)N(C(=O)c3ccc4c(C5CCCCC5)c(-c5ccoc5)[nH]c4c3)C2)cc1. The Hall–Kier alpha value is -4.79. The number of nitrogens with zero attached hydrogens (tertiary/aromatic N) is 1. The standard InChI is InChI=1S/C33H32N2O7/c36-29(37)13-8-20-6-10-24(11-7-20)42-25-17-28(33(39)40)35(18-25)32(38)22-9-12-26-27(16-22)34-31(23-14-15-41-19-23)30(26)21-4-2-1-3-5-21/h6-16,19,21,25,28,34H,1-5,17-18H2,(H,36,37)(H,39,40)/t25-,28+/m1/s1. The van der Waals surface area contributed by atoms with Gasteiger partial charge in [-0.05, 0) is 66.3 Å². The summed E-state index contributed by atoms with van der Waals surface area (Å²) in [5.74, 6) is -1.53. The van der Waals surface area contributed by atoms with Crippen molar-refractivity contribution in [1.82, 2.24) is 9.88 Å². The highest BCUT2D eigenvalue weighted by Gasteiger charge is 2.41. The van der Waals surface area contributed by atoms with E-state index in [9.17, 15) is 19.5 Å². The molecule has 2 fully saturated rings. The molecule has 2 aromatic carbocycles. The summed E-state index contributed by atoms with van der Waals surface area (Å²) >= 11 is 0. The van der Waals surface area contributed by atoms with Crippen molar-refractivity contribution in [3.05, 3.63) is 83.8 Å². The number of aromatic amines is 1. The van der Waals surface area contributed by atoms with E-state index in [-0.39, 0.29) is 18.9 Å². The fraction of sp³-hybridized carbons (Fsp3) is 0.303. The molecule has 3 heterocycles. The van der Waals surface area contributed by atoms with Gasteiger partial charge in [0.05, 0.1) is 24.8 Å². The van der Waals surface area contributed by atoms with Gasteiger partial charge < -0.3 is 29.3 Å². The number of hydrogen-bond donors (Lipinski definition) is 3. The highest BCUT2D eigenvalue weighted by atomic mass is 16.5. The first-order chi connectivity index (χ1) is 20.4. The van der Waals surface area contributed by atoms with Crippen LogP contribution in [0.3, 0.4) is 0 Å². The van der Waals surface area contributed by atoms with Gasteiger partial charge in [0.25, 0.3) is 5.91 Å². The van der Waals surface area contributed by atoms with Gasteiger partial charge in [-0.15, -0.1) is 0 Å². The number of ether oxygens (including phenoxy) is 1. The molecule has 0 bridgehead atoms. The third-order valence-corrected chi connectivity index (χ3v) is 8.32. The zero-order valence-corrected chi connectivity index (χ0v) is 23.0. The first-order valence-corrected chi connectivity index (χ1v) is 14.3. The fourth-order valence-electron chi connectivity index (χ4n) is 6.33. The summed E-state index contributed by atoms with van der Waals surface area (Å²) in [7, 11) is 0. The predicted molar refractivity (Wildman–Crippen MR) is 156 cm³/mol. The number of hydrogen-bond acceptors (Lipinski definition) is 5. The molecule has 2 atom stereocenters. The van der Waals surface area contributed by atoms with Crippen LogP contribution in [-0.4, -0.2) is 56.6 Å². The summed E-state index contributed by atoms with van der Waals surface area (Å²) in [6.07, 6.45) is 11.4. The van der Waals surface area contributed by atoms with Gasteiger partial charge in [-0.3, -0.25) is 4.79 Å². The van der Waals surface area contributed by atoms with E-state index in [1.807, 2.05) is 18.2 Å². The number of likely N-dealkylation sites (tertiary alicyclic amines) is 1. The van der Waals surface area contributed by atoms with E-state index in [1.54, 1.807) is 42.9 Å². The third-order valence-electron chi connectivity index (χ3n) is 8.32. The van der Waals surface area contributed by atoms with Crippen LogP contribution < -0.4 is 4.74 Å². The molecular formula is C33H32N2O7. The second-order valence-electron chi connectivity index (χ2n) is 11.0. The van der Waals surface area contributed by atoms with Crippen LogP contribution in [0.4, 0.5) is 0 Å².